The number of carbonyl (C=O) groups excluding carboxylic acids is 2. The van der Waals surface area contributed by atoms with Crippen molar-refractivity contribution in [2.75, 3.05) is 52.5 Å². The van der Waals surface area contributed by atoms with Crippen molar-refractivity contribution in [1.29, 1.82) is 0 Å². The number of hydrogen-bond acceptors (Lipinski definition) is 4. The fraction of sp³-hybridized carbons (Fsp3) is 0.600. The van der Waals surface area contributed by atoms with E-state index in [1.165, 1.54) is 0 Å². The number of amides is 2. The number of morpholine rings is 1. The second kappa shape index (κ2) is 9.14. The Labute approximate surface area is 155 Å². The Kier molecular flexibility index (Phi) is 6.63. The lowest BCUT2D eigenvalue weighted by atomic mass is 10.1. The molecule has 2 aliphatic heterocycles. The second-order valence-electron chi connectivity index (χ2n) is 7.03. The van der Waals surface area contributed by atoms with Gasteiger partial charge in [0.2, 0.25) is 11.8 Å². The van der Waals surface area contributed by atoms with Crippen LogP contribution in [-0.2, 0) is 20.9 Å². The predicted molar refractivity (Wildman–Crippen MR) is 99.5 cm³/mol. The van der Waals surface area contributed by atoms with Crippen LogP contribution in [0.2, 0.25) is 0 Å². The molecule has 2 saturated heterocycles. The lowest BCUT2D eigenvalue weighted by Gasteiger charge is -2.28. The van der Waals surface area contributed by atoms with Crippen molar-refractivity contribution in [2.45, 2.75) is 19.9 Å². The van der Waals surface area contributed by atoms with Gasteiger partial charge in [0.05, 0.1) is 19.1 Å². The molecule has 3 rings (SSSR count). The highest BCUT2D eigenvalue weighted by Crippen LogP contribution is 2.21. The standard InChI is InChI=1S/C20H29N3O3/c1-2-22(15-17-6-4-3-5-7-17)20(25)18-14-19(24)23(16-18)9-8-21-10-12-26-13-11-21/h3-7,18H,2,8-16H2,1H3. The summed E-state index contributed by atoms with van der Waals surface area (Å²) < 4.78 is 5.36. The van der Waals surface area contributed by atoms with E-state index in [9.17, 15) is 9.59 Å². The molecule has 2 aliphatic rings. The number of benzene rings is 1. The summed E-state index contributed by atoms with van der Waals surface area (Å²) in [5.74, 6) is -0.0122. The summed E-state index contributed by atoms with van der Waals surface area (Å²) in [6.07, 6.45) is 0.341. The third-order valence-corrected chi connectivity index (χ3v) is 5.26. The molecule has 2 fully saturated rings. The highest BCUT2D eigenvalue weighted by atomic mass is 16.5. The summed E-state index contributed by atoms with van der Waals surface area (Å²) in [5.41, 5.74) is 1.12. The van der Waals surface area contributed by atoms with Crippen molar-refractivity contribution >= 4 is 11.8 Å². The van der Waals surface area contributed by atoms with E-state index >= 15 is 0 Å². The molecular formula is C20H29N3O3. The van der Waals surface area contributed by atoms with Gasteiger partial charge in [0.1, 0.15) is 0 Å². The maximum atomic E-state index is 12.9. The van der Waals surface area contributed by atoms with Crippen molar-refractivity contribution in [3.8, 4) is 0 Å². The lowest BCUT2D eigenvalue weighted by Crippen LogP contribution is -2.42. The van der Waals surface area contributed by atoms with Crippen LogP contribution in [0.1, 0.15) is 18.9 Å². The number of carbonyl (C=O) groups is 2. The molecular weight excluding hydrogens is 330 g/mol. The maximum absolute atomic E-state index is 12.9. The van der Waals surface area contributed by atoms with Crippen molar-refractivity contribution < 1.29 is 14.3 Å². The largest absolute Gasteiger partial charge is 0.379 e. The summed E-state index contributed by atoms with van der Waals surface area (Å²) in [4.78, 5) is 31.3. The summed E-state index contributed by atoms with van der Waals surface area (Å²) in [5, 5.41) is 0. The van der Waals surface area contributed by atoms with Gasteiger partial charge < -0.3 is 14.5 Å². The Hall–Kier alpha value is -1.92. The molecule has 0 bridgehead atoms. The number of hydrogen-bond donors (Lipinski definition) is 0. The monoisotopic (exact) mass is 359 g/mol. The van der Waals surface area contributed by atoms with E-state index in [1.54, 1.807) is 0 Å². The van der Waals surface area contributed by atoms with Crippen LogP contribution in [0.4, 0.5) is 0 Å². The molecule has 2 heterocycles. The number of likely N-dealkylation sites (tertiary alicyclic amines) is 1. The van der Waals surface area contributed by atoms with Gasteiger partial charge in [-0.05, 0) is 12.5 Å². The van der Waals surface area contributed by atoms with E-state index in [-0.39, 0.29) is 17.7 Å². The third-order valence-electron chi connectivity index (χ3n) is 5.26. The molecule has 0 aliphatic carbocycles. The quantitative estimate of drug-likeness (QED) is 0.735. The minimum Gasteiger partial charge on any atom is -0.379 e. The average molecular weight is 359 g/mol. The van der Waals surface area contributed by atoms with Gasteiger partial charge in [0.15, 0.2) is 0 Å². The van der Waals surface area contributed by atoms with Gasteiger partial charge >= 0.3 is 0 Å². The first-order valence-electron chi connectivity index (χ1n) is 9.58. The molecule has 1 unspecified atom stereocenters. The topological polar surface area (TPSA) is 53.1 Å². The molecule has 0 spiro atoms. The zero-order valence-corrected chi connectivity index (χ0v) is 15.6. The Bertz CT molecular complexity index is 602. The summed E-state index contributed by atoms with van der Waals surface area (Å²) in [6.45, 7) is 8.74. The molecule has 0 radical (unpaired) electrons. The van der Waals surface area contributed by atoms with Gasteiger partial charge in [-0.2, -0.15) is 0 Å². The van der Waals surface area contributed by atoms with Crippen molar-refractivity contribution in [1.82, 2.24) is 14.7 Å². The van der Waals surface area contributed by atoms with E-state index in [0.29, 0.717) is 32.6 Å². The minimum atomic E-state index is -0.212. The molecule has 0 saturated carbocycles. The highest BCUT2D eigenvalue weighted by molar-refractivity contribution is 5.89. The zero-order chi connectivity index (χ0) is 18.4. The van der Waals surface area contributed by atoms with Gasteiger partial charge in [0, 0.05) is 52.2 Å². The van der Waals surface area contributed by atoms with Crippen molar-refractivity contribution in [3.63, 3.8) is 0 Å². The van der Waals surface area contributed by atoms with Gasteiger partial charge in [-0.15, -0.1) is 0 Å². The Morgan fingerprint density at radius 1 is 1.19 bits per heavy atom. The first kappa shape index (κ1) is 18.9. The Balaban J connectivity index is 1.51. The molecule has 26 heavy (non-hydrogen) atoms. The Morgan fingerprint density at radius 3 is 2.62 bits per heavy atom. The van der Waals surface area contributed by atoms with Crippen LogP contribution >= 0.6 is 0 Å². The highest BCUT2D eigenvalue weighted by Gasteiger charge is 2.36. The molecule has 0 aromatic heterocycles. The van der Waals surface area contributed by atoms with Crippen LogP contribution in [0.15, 0.2) is 30.3 Å². The number of nitrogens with zero attached hydrogens (tertiary/aromatic N) is 3. The maximum Gasteiger partial charge on any atom is 0.228 e. The van der Waals surface area contributed by atoms with E-state index in [1.807, 2.05) is 47.1 Å². The van der Waals surface area contributed by atoms with E-state index in [2.05, 4.69) is 4.90 Å². The van der Waals surface area contributed by atoms with Gasteiger partial charge in [-0.3, -0.25) is 14.5 Å². The lowest BCUT2D eigenvalue weighted by molar-refractivity contribution is -0.136. The van der Waals surface area contributed by atoms with E-state index in [4.69, 9.17) is 4.74 Å². The smallest absolute Gasteiger partial charge is 0.228 e. The average Bonchev–Trinajstić information content (AvgIpc) is 3.06. The van der Waals surface area contributed by atoms with Crippen LogP contribution in [0.25, 0.3) is 0 Å². The van der Waals surface area contributed by atoms with Crippen LogP contribution in [0, 0.1) is 5.92 Å². The minimum absolute atomic E-state index is 0.0959. The van der Waals surface area contributed by atoms with Gasteiger partial charge in [0.25, 0.3) is 0 Å². The first-order valence-corrected chi connectivity index (χ1v) is 9.58. The normalized spacial score (nSPS) is 21.2. The van der Waals surface area contributed by atoms with E-state index < -0.39 is 0 Å². The number of rotatable bonds is 7. The molecule has 6 nitrogen and oxygen atoms in total. The van der Waals surface area contributed by atoms with Crippen molar-refractivity contribution in [3.05, 3.63) is 35.9 Å². The summed E-state index contributed by atoms with van der Waals surface area (Å²) >= 11 is 0. The molecule has 2 amide bonds. The van der Waals surface area contributed by atoms with Gasteiger partial charge in [-0.1, -0.05) is 30.3 Å². The molecule has 1 aromatic carbocycles. The second-order valence-corrected chi connectivity index (χ2v) is 7.03. The third kappa shape index (κ3) is 4.83. The fourth-order valence-corrected chi connectivity index (χ4v) is 3.65. The van der Waals surface area contributed by atoms with Crippen LogP contribution in [0.3, 0.4) is 0 Å². The van der Waals surface area contributed by atoms with Crippen LogP contribution in [0.5, 0.6) is 0 Å². The SMILES string of the molecule is CCN(Cc1ccccc1)C(=O)C1CC(=O)N(CCN2CCOCC2)C1. The molecule has 1 aromatic rings. The van der Waals surface area contributed by atoms with Crippen LogP contribution < -0.4 is 0 Å². The van der Waals surface area contributed by atoms with E-state index in [0.717, 1.165) is 38.4 Å². The molecule has 142 valence electrons. The van der Waals surface area contributed by atoms with Crippen LogP contribution in [-0.4, -0.2) is 79.0 Å². The molecule has 6 heteroatoms. The number of ether oxygens (including phenoxy) is 1. The fourth-order valence-electron chi connectivity index (χ4n) is 3.65. The van der Waals surface area contributed by atoms with Crippen molar-refractivity contribution in [2.24, 2.45) is 5.92 Å². The first-order chi connectivity index (χ1) is 12.7. The zero-order valence-electron chi connectivity index (χ0n) is 15.6. The Morgan fingerprint density at radius 2 is 1.92 bits per heavy atom. The molecule has 1 atom stereocenters. The molecule has 0 N–H and O–H groups in total. The van der Waals surface area contributed by atoms with Gasteiger partial charge in [-0.25, -0.2) is 0 Å². The summed E-state index contributed by atoms with van der Waals surface area (Å²) in [7, 11) is 0. The predicted octanol–water partition coefficient (Wildman–Crippen LogP) is 1.22. The summed E-state index contributed by atoms with van der Waals surface area (Å²) in [6, 6.07) is 10.0.